The monoisotopic (exact) mass is 311 g/mol. The molecule has 4 nitrogen and oxygen atoms in total. The lowest BCUT2D eigenvalue weighted by Gasteiger charge is -2.31. The van der Waals surface area contributed by atoms with E-state index in [9.17, 15) is 0 Å². The molecule has 4 heteroatoms. The second kappa shape index (κ2) is 6.57. The van der Waals surface area contributed by atoms with Crippen molar-refractivity contribution in [2.75, 3.05) is 18.1 Å². The highest BCUT2D eigenvalue weighted by molar-refractivity contribution is 5.51. The third kappa shape index (κ3) is 3.31. The minimum Gasteiger partial charge on any atom is -0.494 e. The maximum absolute atomic E-state index is 5.75. The maximum Gasteiger partial charge on any atom is 0.135 e. The molecule has 1 aliphatic rings. The van der Waals surface area contributed by atoms with Gasteiger partial charge in [-0.2, -0.15) is 0 Å². The lowest BCUT2D eigenvalue weighted by molar-refractivity contribution is 0.317. The van der Waals surface area contributed by atoms with E-state index in [2.05, 4.69) is 53.8 Å². The van der Waals surface area contributed by atoms with Crippen LogP contribution in [0.15, 0.2) is 18.2 Å². The summed E-state index contributed by atoms with van der Waals surface area (Å²) >= 11 is 0. The van der Waals surface area contributed by atoms with Crippen LogP contribution in [-0.2, 0) is 13.0 Å². The minimum atomic E-state index is 0.781. The Kier molecular flexibility index (Phi) is 4.51. The molecule has 23 heavy (non-hydrogen) atoms. The molecule has 0 saturated carbocycles. The molecule has 2 aromatic rings. The third-order valence-corrected chi connectivity index (χ3v) is 4.44. The summed E-state index contributed by atoms with van der Waals surface area (Å²) in [4.78, 5) is 11.5. The van der Waals surface area contributed by atoms with Gasteiger partial charge in [-0.25, -0.2) is 9.97 Å². The highest BCUT2D eigenvalue weighted by Crippen LogP contribution is 2.28. The zero-order valence-corrected chi connectivity index (χ0v) is 14.5. The van der Waals surface area contributed by atoms with E-state index in [1.807, 2.05) is 6.92 Å². The van der Waals surface area contributed by atoms with Crippen molar-refractivity contribution in [1.82, 2.24) is 9.97 Å². The highest BCUT2D eigenvalue weighted by Gasteiger charge is 2.20. The van der Waals surface area contributed by atoms with Gasteiger partial charge in [0.25, 0.3) is 0 Å². The largest absolute Gasteiger partial charge is 0.494 e. The van der Waals surface area contributed by atoms with E-state index < -0.39 is 0 Å². The number of fused-ring (bicyclic) bond motifs is 1. The maximum atomic E-state index is 5.75. The van der Waals surface area contributed by atoms with Crippen LogP contribution >= 0.6 is 0 Å². The fourth-order valence-corrected chi connectivity index (χ4v) is 3.08. The van der Waals surface area contributed by atoms with Crippen molar-refractivity contribution in [3.63, 3.8) is 0 Å². The van der Waals surface area contributed by atoms with Crippen LogP contribution in [0.3, 0.4) is 0 Å². The summed E-state index contributed by atoms with van der Waals surface area (Å²) in [6.45, 7) is 10.9. The van der Waals surface area contributed by atoms with Gasteiger partial charge in [-0.05, 0) is 56.9 Å². The summed E-state index contributed by atoms with van der Waals surface area (Å²) in [5.41, 5.74) is 5.02. The van der Waals surface area contributed by atoms with E-state index in [0.29, 0.717) is 0 Å². The molecule has 0 radical (unpaired) electrons. The van der Waals surface area contributed by atoms with Crippen LogP contribution < -0.4 is 9.64 Å². The second-order valence-corrected chi connectivity index (χ2v) is 6.26. The van der Waals surface area contributed by atoms with Crippen LogP contribution in [0.1, 0.15) is 41.6 Å². The van der Waals surface area contributed by atoms with Gasteiger partial charge < -0.3 is 9.64 Å². The Bertz CT molecular complexity index is 712. The molecule has 0 aliphatic carbocycles. The number of ether oxygens (including phenoxy) is 1. The van der Waals surface area contributed by atoms with E-state index in [1.54, 1.807) is 0 Å². The van der Waals surface area contributed by atoms with Gasteiger partial charge >= 0.3 is 0 Å². The van der Waals surface area contributed by atoms with Crippen LogP contribution in [-0.4, -0.2) is 23.1 Å². The van der Waals surface area contributed by atoms with Crippen LogP contribution in [0.25, 0.3) is 0 Å². The Hall–Kier alpha value is -2.10. The smallest absolute Gasteiger partial charge is 0.135 e. The summed E-state index contributed by atoms with van der Waals surface area (Å²) < 4.78 is 5.75. The average Bonchev–Trinajstić information content (AvgIpc) is 2.55. The third-order valence-electron chi connectivity index (χ3n) is 4.44. The first-order valence-electron chi connectivity index (χ1n) is 8.40. The Morgan fingerprint density at radius 2 is 1.96 bits per heavy atom. The normalized spacial score (nSPS) is 13.8. The van der Waals surface area contributed by atoms with Gasteiger partial charge in [-0.15, -0.1) is 0 Å². The molecule has 0 unspecified atom stereocenters. The molecular formula is C19H25N3O. The average molecular weight is 311 g/mol. The van der Waals surface area contributed by atoms with Gasteiger partial charge in [0.1, 0.15) is 17.4 Å². The SMILES string of the molecule is CCCOc1ccc2c(c1)CCN(c1nc(C)nc(C)c1C)C2. The van der Waals surface area contributed by atoms with Crippen molar-refractivity contribution >= 4 is 5.82 Å². The number of nitrogens with zero attached hydrogens (tertiary/aromatic N) is 3. The van der Waals surface area contributed by atoms with E-state index in [1.165, 1.54) is 16.7 Å². The van der Waals surface area contributed by atoms with Gasteiger partial charge in [0.2, 0.25) is 0 Å². The summed E-state index contributed by atoms with van der Waals surface area (Å²) in [6, 6.07) is 6.48. The molecule has 122 valence electrons. The number of hydrogen-bond donors (Lipinski definition) is 0. The zero-order valence-electron chi connectivity index (χ0n) is 14.5. The summed E-state index contributed by atoms with van der Waals surface area (Å²) in [5, 5.41) is 0. The minimum absolute atomic E-state index is 0.781. The van der Waals surface area contributed by atoms with Crippen LogP contribution in [0.5, 0.6) is 5.75 Å². The van der Waals surface area contributed by atoms with Crippen LogP contribution in [0.4, 0.5) is 5.82 Å². The first-order valence-corrected chi connectivity index (χ1v) is 8.40. The van der Waals surface area contributed by atoms with Crippen LogP contribution in [0, 0.1) is 20.8 Å². The molecule has 2 heterocycles. The highest BCUT2D eigenvalue weighted by atomic mass is 16.5. The Balaban J connectivity index is 1.83. The summed E-state index contributed by atoms with van der Waals surface area (Å²) in [5.74, 6) is 2.91. The molecule has 3 rings (SSSR count). The summed E-state index contributed by atoms with van der Waals surface area (Å²) in [7, 11) is 0. The Morgan fingerprint density at radius 3 is 2.74 bits per heavy atom. The molecular weight excluding hydrogens is 286 g/mol. The molecule has 1 aromatic heterocycles. The Morgan fingerprint density at radius 1 is 1.13 bits per heavy atom. The van der Waals surface area contributed by atoms with Crippen molar-refractivity contribution in [2.45, 2.75) is 47.1 Å². The quantitative estimate of drug-likeness (QED) is 0.862. The fraction of sp³-hybridized carbons (Fsp3) is 0.474. The number of benzene rings is 1. The molecule has 0 amide bonds. The molecule has 0 bridgehead atoms. The van der Waals surface area contributed by atoms with Gasteiger partial charge in [0.15, 0.2) is 0 Å². The molecule has 0 fully saturated rings. The topological polar surface area (TPSA) is 38.2 Å². The predicted octanol–water partition coefficient (Wildman–Crippen LogP) is 3.75. The van der Waals surface area contributed by atoms with Crippen LogP contribution in [0.2, 0.25) is 0 Å². The molecule has 0 spiro atoms. The van der Waals surface area contributed by atoms with E-state index in [-0.39, 0.29) is 0 Å². The van der Waals surface area contributed by atoms with E-state index >= 15 is 0 Å². The van der Waals surface area contributed by atoms with Crippen molar-refractivity contribution in [2.24, 2.45) is 0 Å². The van der Waals surface area contributed by atoms with Crippen molar-refractivity contribution in [3.8, 4) is 5.75 Å². The number of aromatic nitrogens is 2. The second-order valence-electron chi connectivity index (χ2n) is 6.26. The van der Waals surface area contributed by atoms with Crippen molar-refractivity contribution < 1.29 is 4.74 Å². The predicted molar refractivity (Wildman–Crippen MR) is 93.2 cm³/mol. The van der Waals surface area contributed by atoms with Crippen molar-refractivity contribution in [1.29, 1.82) is 0 Å². The standard InChI is InChI=1S/C19H25N3O/c1-5-10-23-18-7-6-17-12-22(9-8-16(17)11-18)19-13(2)14(3)20-15(4)21-19/h6-7,11H,5,8-10,12H2,1-4H3. The van der Waals surface area contributed by atoms with E-state index in [4.69, 9.17) is 4.74 Å². The lowest BCUT2D eigenvalue weighted by atomic mass is 9.99. The first kappa shape index (κ1) is 15.8. The number of rotatable bonds is 4. The molecule has 0 N–H and O–H groups in total. The Labute approximate surface area is 138 Å². The molecule has 0 saturated heterocycles. The number of anilines is 1. The fourth-order valence-electron chi connectivity index (χ4n) is 3.08. The number of hydrogen-bond acceptors (Lipinski definition) is 4. The summed E-state index contributed by atoms with van der Waals surface area (Å²) in [6.07, 6.45) is 2.07. The van der Waals surface area contributed by atoms with Gasteiger partial charge in [0.05, 0.1) is 6.61 Å². The van der Waals surface area contributed by atoms with Gasteiger partial charge in [-0.3, -0.25) is 0 Å². The lowest BCUT2D eigenvalue weighted by Crippen LogP contribution is -2.32. The zero-order chi connectivity index (χ0) is 16.4. The molecule has 1 aliphatic heterocycles. The van der Waals surface area contributed by atoms with Crippen molar-refractivity contribution in [3.05, 3.63) is 46.4 Å². The molecule has 0 atom stereocenters. The molecule has 1 aromatic carbocycles. The number of aryl methyl sites for hydroxylation is 2. The van der Waals surface area contributed by atoms with E-state index in [0.717, 1.165) is 55.6 Å². The van der Waals surface area contributed by atoms with Gasteiger partial charge in [0, 0.05) is 24.3 Å². The first-order chi connectivity index (χ1) is 11.1. The van der Waals surface area contributed by atoms with Gasteiger partial charge in [-0.1, -0.05) is 13.0 Å².